The zero-order chi connectivity index (χ0) is 26.9. The number of nitrogens with zero attached hydrogens (tertiary/aromatic N) is 2. The van der Waals surface area contributed by atoms with Crippen molar-refractivity contribution in [2.75, 3.05) is 6.73 Å². The first kappa shape index (κ1) is 30.6. The summed E-state index contributed by atoms with van der Waals surface area (Å²) in [6.07, 6.45) is 1.15. The highest BCUT2D eigenvalue weighted by molar-refractivity contribution is 7.09. The number of nitrogens with two attached hydrogens (primary N) is 1. The standard InChI is InChI=1S/C26H43N3O5S/c1-10-17(6)19(8)26(32)29(14-33-18(7)11-15(2)3)22(16(4)5)12-23(34-20(9)30)25-28-21(13-35-25)24(27)31/h13,15-17,19,22-23H,7,10-12,14H2,1-6,8-9H3,(H2,27,31)/t17-,19-,22+,23?/m0/s1. The van der Waals surface area contributed by atoms with Crippen molar-refractivity contribution >= 4 is 29.1 Å². The summed E-state index contributed by atoms with van der Waals surface area (Å²) in [4.78, 5) is 43.2. The van der Waals surface area contributed by atoms with Crippen molar-refractivity contribution in [1.29, 1.82) is 0 Å². The zero-order valence-electron chi connectivity index (χ0n) is 22.5. The van der Waals surface area contributed by atoms with E-state index < -0.39 is 18.0 Å². The third-order valence-corrected chi connectivity index (χ3v) is 7.13. The largest absolute Gasteiger partial charge is 0.478 e. The molecule has 0 bridgehead atoms. The lowest BCUT2D eigenvalue weighted by atomic mass is 9.90. The second-order valence-corrected chi connectivity index (χ2v) is 10.9. The second kappa shape index (κ2) is 14.2. The van der Waals surface area contributed by atoms with Crippen LogP contribution >= 0.6 is 11.3 Å². The molecular weight excluding hydrogens is 466 g/mol. The van der Waals surface area contributed by atoms with Crippen molar-refractivity contribution in [3.63, 3.8) is 0 Å². The van der Waals surface area contributed by atoms with Crippen LogP contribution in [0.15, 0.2) is 17.7 Å². The van der Waals surface area contributed by atoms with E-state index in [0.717, 1.165) is 6.42 Å². The van der Waals surface area contributed by atoms with Gasteiger partial charge in [-0.25, -0.2) is 4.98 Å². The molecule has 1 aromatic rings. The highest BCUT2D eigenvalue weighted by Gasteiger charge is 2.35. The molecule has 4 atom stereocenters. The Morgan fingerprint density at radius 3 is 2.26 bits per heavy atom. The number of thiazole rings is 1. The van der Waals surface area contributed by atoms with Crippen molar-refractivity contribution < 1.29 is 23.9 Å². The first-order valence-electron chi connectivity index (χ1n) is 12.3. The predicted octanol–water partition coefficient (Wildman–Crippen LogP) is 5.31. The van der Waals surface area contributed by atoms with Crippen LogP contribution < -0.4 is 5.73 Å². The number of ether oxygens (including phenoxy) is 2. The minimum atomic E-state index is -0.730. The van der Waals surface area contributed by atoms with Gasteiger partial charge in [0.2, 0.25) is 5.91 Å². The maximum Gasteiger partial charge on any atom is 0.303 e. The normalized spacial score (nSPS) is 14.8. The highest BCUT2D eigenvalue weighted by atomic mass is 32.1. The van der Waals surface area contributed by atoms with Crippen LogP contribution in [0.25, 0.3) is 0 Å². The zero-order valence-corrected chi connectivity index (χ0v) is 23.3. The van der Waals surface area contributed by atoms with Crippen LogP contribution in [-0.4, -0.2) is 40.4 Å². The number of primary amides is 1. The van der Waals surface area contributed by atoms with E-state index >= 15 is 0 Å². The van der Waals surface area contributed by atoms with E-state index in [0.29, 0.717) is 29.5 Å². The van der Waals surface area contributed by atoms with Crippen molar-refractivity contribution in [1.82, 2.24) is 9.88 Å². The number of esters is 1. The molecule has 8 nitrogen and oxygen atoms in total. The van der Waals surface area contributed by atoms with Gasteiger partial charge in [0.05, 0.1) is 5.76 Å². The van der Waals surface area contributed by atoms with Gasteiger partial charge in [0.25, 0.3) is 5.91 Å². The average Bonchev–Trinajstić information content (AvgIpc) is 3.26. The Labute approximate surface area is 214 Å². The Balaban J connectivity index is 3.33. The van der Waals surface area contributed by atoms with Crippen LogP contribution in [0.3, 0.4) is 0 Å². The molecule has 198 valence electrons. The summed E-state index contributed by atoms with van der Waals surface area (Å²) < 4.78 is 11.6. The minimum absolute atomic E-state index is 0.0195. The summed E-state index contributed by atoms with van der Waals surface area (Å²) in [6, 6.07) is -0.314. The van der Waals surface area contributed by atoms with Crippen molar-refractivity contribution in [3.8, 4) is 0 Å². The fourth-order valence-electron chi connectivity index (χ4n) is 3.78. The average molecular weight is 510 g/mol. The fourth-order valence-corrected chi connectivity index (χ4v) is 4.63. The van der Waals surface area contributed by atoms with Gasteiger partial charge in [-0.2, -0.15) is 0 Å². The van der Waals surface area contributed by atoms with Gasteiger partial charge in [0, 0.05) is 37.1 Å². The van der Waals surface area contributed by atoms with Gasteiger partial charge in [-0.3, -0.25) is 14.4 Å². The van der Waals surface area contributed by atoms with Crippen LogP contribution in [-0.2, 0) is 19.1 Å². The fraction of sp³-hybridized carbons (Fsp3) is 0.692. The number of allylic oxidation sites excluding steroid dienone is 1. The molecule has 1 rings (SSSR count). The molecular formula is C26H43N3O5S. The van der Waals surface area contributed by atoms with Gasteiger partial charge in [-0.15, -0.1) is 11.3 Å². The van der Waals surface area contributed by atoms with Crippen LogP contribution in [0.4, 0.5) is 0 Å². The molecule has 0 spiro atoms. The molecule has 9 heteroatoms. The van der Waals surface area contributed by atoms with Crippen LogP contribution in [0.2, 0.25) is 0 Å². The van der Waals surface area contributed by atoms with E-state index in [1.807, 2.05) is 20.8 Å². The number of aromatic nitrogens is 1. The van der Waals surface area contributed by atoms with E-state index in [4.69, 9.17) is 15.2 Å². The Morgan fingerprint density at radius 2 is 1.80 bits per heavy atom. The first-order chi connectivity index (χ1) is 16.3. The molecule has 1 aromatic heterocycles. The molecule has 0 aliphatic rings. The van der Waals surface area contributed by atoms with Gasteiger partial charge in [-0.1, -0.05) is 61.5 Å². The quantitative estimate of drug-likeness (QED) is 0.195. The lowest BCUT2D eigenvalue weighted by molar-refractivity contribution is -0.151. The summed E-state index contributed by atoms with van der Waals surface area (Å²) in [7, 11) is 0. The van der Waals surface area contributed by atoms with Crippen LogP contribution in [0.1, 0.15) is 96.3 Å². The number of carbonyl (C=O) groups is 3. The molecule has 0 saturated heterocycles. The van der Waals surface area contributed by atoms with Gasteiger partial charge in [0.15, 0.2) is 12.8 Å². The van der Waals surface area contributed by atoms with E-state index in [2.05, 4.69) is 39.3 Å². The van der Waals surface area contributed by atoms with Crippen molar-refractivity contribution in [2.45, 2.75) is 86.8 Å². The number of rotatable bonds is 15. The maximum absolute atomic E-state index is 13.7. The van der Waals surface area contributed by atoms with Gasteiger partial charge in [-0.05, 0) is 17.8 Å². The summed E-state index contributed by atoms with van der Waals surface area (Å²) in [6.45, 7) is 19.7. The topological polar surface area (TPSA) is 112 Å². The Morgan fingerprint density at radius 1 is 1.17 bits per heavy atom. The SMILES string of the molecule is C=C(CC(C)C)OCN(C(=O)[C@@H](C)[C@@H](C)CC)[C@H](CC(OC(C)=O)c1nc(C(N)=O)cs1)C(C)C. The molecule has 35 heavy (non-hydrogen) atoms. The smallest absolute Gasteiger partial charge is 0.303 e. The lowest BCUT2D eigenvalue weighted by Crippen LogP contribution is -2.48. The van der Waals surface area contributed by atoms with Crippen LogP contribution in [0.5, 0.6) is 0 Å². The lowest BCUT2D eigenvalue weighted by Gasteiger charge is -2.38. The number of amides is 2. The van der Waals surface area contributed by atoms with Crippen LogP contribution in [0, 0.1) is 23.7 Å². The Hall–Kier alpha value is -2.42. The second-order valence-electron chi connectivity index (χ2n) is 9.97. The van der Waals surface area contributed by atoms with Gasteiger partial charge >= 0.3 is 5.97 Å². The summed E-state index contributed by atoms with van der Waals surface area (Å²) in [5.41, 5.74) is 5.48. The number of carbonyl (C=O) groups excluding carboxylic acids is 3. The Kier molecular flexibility index (Phi) is 12.4. The van der Waals surface area contributed by atoms with Gasteiger partial charge in [0.1, 0.15) is 10.7 Å². The molecule has 0 fully saturated rings. The molecule has 0 aliphatic heterocycles. The van der Waals surface area contributed by atoms with E-state index in [1.165, 1.54) is 18.3 Å². The molecule has 0 saturated carbocycles. The molecule has 2 N–H and O–H groups in total. The molecule has 0 aromatic carbocycles. The highest BCUT2D eigenvalue weighted by Crippen LogP contribution is 2.32. The molecule has 1 heterocycles. The molecule has 0 aliphatic carbocycles. The van der Waals surface area contributed by atoms with E-state index in [9.17, 15) is 14.4 Å². The summed E-state index contributed by atoms with van der Waals surface area (Å²) in [5.74, 6) is -0.128. The monoisotopic (exact) mass is 509 g/mol. The molecule has 1 unspecified atom stereocenters. The maximum atomic E-state index is 13.7. The van der Waals surface area contributed by atoms with E-state index in [-0.39, 0.29) is 42.1 Å². The van der Waals surface area contributed by atoms with Crippen molar-refractivity contribution in [2.24, 2.45) is 29.4 Å². The third-order valence-electron chi connectivity index (χ3n) is 6.20. The minimum Gasteiger partial charge on any atom is -0.478 e. The number of hydrogen-bond acceptors (Lipinski definition) is 7. The molecule has 0 radical (unpaired) electrons. The molecule has 2 amide bonds. The third kappa shape index (κ3) is 9.63. The Bertz CT molecular complexity index is 867. The van der Waals surface area contributed by atoms with E-state index in [1.54, 1.807) is 10.3 Å². The first-order valence-corrected chi connectivity index (χ1v) is 13.2. The summed E-state index contributed by atoms with van der Waals surface area (Å²) >= 11 is 1.20. The number of hydrogen-bond donors (Lipinski definition) is 1. The summed E-state index contributed by atoms with van der Waals surface area (Å²) in [5, 5.41) is 2.01. The van der Waals surface area contributed by atoms with Crippen molar-refractivity contribution in [3.05, 3.63) is 28.4 Å². The predicted molar refractivity (Wildman–Crippen MR) is 138 cm³/mol. The van der Waals surface area contributed by atoms with Gasteiger partial charge < -0.3 is 20.1 Å².